The van der Waals surface area contributed by atoms with Crippen LogP contribution in [0.3, 0.4) is 0 Å². The molecule has 4 amide bonds. The van der Waals surface area contributed by atoms with Crippen molar-refractivity contribution in [2.45, 2.75) is 6.61 Å². The smallest absolute Gasteiger partial charge is 0.335 e. The lowest BCUT2D eigenvalue weighted by Gasteiger charge is -2.26. The minimum Gasteiger partial charge on any atom is -0.489 e. The van der Waals surface area contributed by atoms with Crippen molar-refractivity contribution in [3.05, 3.63) is 101 Å². The molecule has 1 fully saturated rings. The van der Waals surface area contributed by atoms with E-state index in [0.717, 1.165) is 10.5 Å². The monoisotopic (exact) mass is 432 g/mol. The van der Waals surface area contributed by atoms with E-state index in [1.54, 1.807) is 60.7 Å². The Morgan fingerprint density at radius 3 is 2.26 bits per heavy atom. The lowest BCUT2D eigenvalue weighted by molar-refractivity contribution is -0.122. The van der Waals surface area contributed by atoms with Crippen LogP contribution in [0, 0.1) is 0 Å². The molecule has 0 bridgehead atoms. The number of hydrogen-bond donors (Lipinski definition) is 1. The first-order chi connectivity index (χ1) is 15.0. The Labute approximate surface area is 183 Å². The van der Waals surface area contributed by atoms with Crippen molar-refractivity contribution < 1.29 is 19.1 Å². The molecular weight excluding hydrogens is 416 g/mol. The number of nitrogens with one attached hydrogen (secondary N) is 1. The third-order valence-electron chi connectivity index (χ3n) is 4.66. The number of anilines is 1. The summed E-state index contributed by atoms with van der Waals surface area (Å²) >= 11 is 6.13. The molecule has 0 saturated carbocycles. The number of amides is 4. The Balaban J connectivity index is 1.52. The van der Waals surface area contributed by atoms with Crippen molar-refractivity contribution in [3.8, 4) is 5.75 Å². The normalized spacial score (nSPS) is 15.2. The van der Waals surface area contributed by atoms with Crippen molar-refractivity contribution in [2.75, 3.05) is 4.90 Å². The van der Waals surface area contributed by atoms with E-state index >= 15 is 0 Å². The van der Waals surface area contributed by atoms with E-state index in [0.29, 0.717) is 28.6 Å². The predicted molar refractivity (Wildman–Crippen MR) is 118 cm³/mol. The summed E-state index contributed by atoms with van der Waals surface area (Å²) in [6.07, 6.45) is 1.44. The average molecular weight is 433 g/mol. The number of ether oxygens (including phenoxy) is 1. The molecular formula is C24H17ClN2O4. The van der Waals surface area contributed by atoms with Crippen LogP contribution in [0.2, 0.25) is 5.02 Å². The number of carbonyl (C=O) groups excluding carboxylic acids is 3. The maximum Gasteiger partial charge on any atom is 0.335 e. The summed E-state index contributed by atoms with van der Waals surface area (Å²) in [5.74, 6) is -0.803. The Kier molecular flexibility index (Phi) is 5.82. The number of imide groups is 2. The first kappa shape index (κ1) is 20.4. The fourth-order valence-corrected chi connectivity index (χ4v) is 3.26. The summed E-state index contributed by atoms with van der Waals surface area (Å²) in [5, 5.41) is 2.83. The fourth-order valence-electron chi connectivity index (χ4n) is 3.07. The standard InChI is InChI=1S/C24H17ClN2O4/c25-21-9-5-4-6-17(21)15-31-19-12-10-16(11-13-19)14-20-22(28)26-24(30)27(23(20)29)18-7-2-1-3-8-18/h1-14H,15H2,(H,26,28,30). The second kappa shape index (κ2) is 8.85. The topological polar surface area (TPSA) is 75.7 Å². The van der Waals surface area contributed by atoms with Gasteiger partial charge in [0.1, 0.15) is 17.9 Å². The number of benzene rings is 3. The number of rotatable bonds is 5. The number of nitrogens with zero attached hydrogens (tertiary/aromatic N) is 1. The van der Waals surface area contributed by atoms with E-state index in [4.69, 9.17) is 16.3 Å². The Bertz CT molecular complexity index is 1170. The Morgan fingerprint density at radius 2 is 1.55 bits per heavy atom. The molecule has 0 atom stereocenters. The van der Waals surface area contributed by atoms with Gasteiger partial charge in [0.25, 0.3) is 11.8 Å². The van der Waals surface area contributed by atoms with Crippen molar-refractivity contribution in [1.82, 2.24) is 5.32 Å². The van der Waals surface area contributed by atoms with Gasteiger partial charge in [-0.1, -0.05) is 60.1 Å². The number of hydrogen-bond acceptors (Lipinski definition) is 4. The number of para-hydroxylation sites is 1. The summed E-state index contributed by atoms with van der Waals surface area (Å²) in [6.45, 7) is 0.315. The number of urea groups is 1. The average Bonchev–Trinajstić information content (AvgIpc) is 2.77. The van der Waals surface area contributed by atoms with Crippen LogP contribution in [0.1, 0.15) is 11.1 Å². The largest absolute Gasteiger partial charge is 0.489 e. The molecule has 7 heteroatoms. The molecule has 4 rings (SSSR count). The molecule has 3 aromatic carbocycles. The van der Waals surface area contributed by atoms with Crippen molar-refractivity contribution in [2.24, 2.45) is 0 Å². The number of halogens is 1. The van der Waals surface area contributed by atoms with E-state index in [1.165, 1.54) is 6.08 Å². The van der Waals surface area contributed by atoms with Crippen molar-refractivity contribution in [1.29, 1.82) is 0 Å². The Hall–Kier alpha value is -3.90. The van der Waals surface area contributed by atoms with E-state index in [9.17, 15) is 14.4 Å². The van der Waals surface area contributed by atoms with Gasteiger partial charge in [0.05, 0.1) is 5.69 Å². The van der Waals surface area contributed by atoms with Gasteiger partial charge in [-0.15, -0.1) is 0 Å². The van der Waals surface area contributed by atoms with E-state index in [1.807, 2.05) is 18.2 Å². The molecule has 0 aliphatic carbocycles. The van der Waals surface area contributed by atoms with Crippen LogP contribution in [0.5, 0.6) is 5.75 Å². The highest BCUT2D eigenvalue weighted by atomic mass is 35.5. The van der Waals surface area contributed by atoms with Crippen LogP contribution < -0.4 is 15.0 Å². The van der Waals surface area contributed by atoms with Crippen LogP contribution in [-0.2, 0) is 16.2 Å². The zero-order valence-electron chi connectivity index (χ0n) is 16.2. The zero-order chi connectivity index (χ0) is 21.8. The molecule has 1 N–H and O–H groups in total. The van der Waals surface area contributed by atoms with Gasteiger partial charge in [0.2, 0.25) is 0 Å². The molecule has 1 heterocycles. The molecule has 1 aliphatic rings. The van der Waals surface area contributed by atoms with Crippen LogP contribution in [-0.4, -0.2) is 17.8 Å². The highest BCUT2D eigenvalue weighted by molar-refractivity contribution is 6.39. The zero-order valence-corrected chi connectivity index (χ0v) is 17.0. The lowest BCUT2D eigenvalue weighted by Crippen LogP contribution is -2.54. The fraction of sp³-hybridized carbons (Fsp3) is 0.0417. The molecule has 0 radical (unpaired) electrons. The van der Waals surface area contributed by atoms with Gasteiger partial charge < -0.3 is 4.74 Å². The van der Waals surface area contributed by atoms with Crippen molar-refractivity contribution in [3.63, 3.8) is 0 Å². The molecule has 3 aromatic rings. The van der Waals surface area contributed by atoms with Crippen LogP contribution >= 0.6 is 11.6 Å². The van der Waals surface area contributed by atoms with Gasteiger partial charge in [0, 0.05) is 10.6 Å². The Morgan fingerprint density at radius 1 is 0.871 bits per heavy atom. The maximum atomic E-state index is 12.8. The second-order valence-electron chi connectivity index (χ2n) is 6.74. The van der Waals surface area contributed by atoms with Gasteiger partial charge in [-0.3, -0.25) is 14.9 Å². The summed E-state index contributed by atoms with van der Waals surface area (Å²) in [5.41, 5.74) is 1.73. The molecule has 31 heavy (non-hydrogen) atoms. The van der Waals surface area contributed by atoms with E-state index in [-0.39, 0.29) is 5.57 Å². The molecule has 1 aliphatic heterocycles. The number of carbonyl (C=O) groups is 3. The first-order valence-electron chi connectivity index (χ1n) is 9.46. The van der Waals surface area contributed by atoms with Gasteiger partial charge >= 0.3 is 6.03 Å². The van der Waals surface area contributed by atoms with Crippen molar-refractivity contribution >= 4 is 41.2 Å². The second-order valence-corrected chi connectivity index (χ2v) is 7.15. The summed E-state index contributed by atoms with van der Waals surface area (Å²) in [6, 6.07) is 22.0. The molecule has 0 unspecified atom stereocenters. The van der Waals surface area contributed by atoms with Gasteiger partial charge in [-0.2, -0.15) is 0 Å². The van der Waals surface area contributed by atoms with E-state index < -0.39 is 17.8 Å². The molecule has 0 aromatic heterocycles. The van der Waals surface area contributed by atoms with Gasteiger partial charge in [-0.05, 0) is 42.0 Å². The van der Waals surface area contributed by atoms with Crippen LogP contribution in [0.25, 0.3) is 6.08 Å². The summed E-state index contributed by atoms with van der Waals surface area (Å²) < 4.78 is 5.74. The highest BCUT2D eigenvalue weighted by Gasteiger charge is 2.36. The summed E-state index contributed by atoms with van der Waals surface area (Å²) in [4.78, 5) is 38.2. The summed E-state index contributed by atoms with van der Waals surface area (Å²) in [7, 11) is 0. The quantitative estimate of drug-likeness (QED) is 0.472. The molecule has 154 valence electrons. The van der Waals surface area contributed by atoms with Gasteiger partial charge in [0.15, 0.2) is 0 Å². The third kappa shape index (κ3) is 4.49. The molecule has 0 spiro atoms. The lowest BCUT2D eigenvalue weighted by atomic mass is 10.1. The first-order valence-corrected chi connectivity index (χ1v) is 9.83. The maximum absolute atomic E-state index is 12.8. The molecule has 6 nitrogen and oxygen atoms in total. The minimum atomic E-state index is -0.776. The minimum absolute atomic E-state index is 0.131. The highest BCUT2D eigenvalue weighted by Crippen LogP contribution is 2.23. The predicted octanol–water partition coefficient (Wildman–Crippen LogP) is 4.59. The van der Waals surface area contributed by atoms with Gasteiger partial charge in [-0.25, -0.2) is 9.69 Å². The third-order valence-corrected chi connectivity index (χ3v) is 5.03. The van der Waals surface area contributed by atoms with Crippen LogP contribution in [0.4, 0.5) is 10.5 Å². The van der Waals surface area contributed by atoms with E-state index in [2.05, 4.69) is 5.32 Å². The SMILES string of the molecule is O=C1NC(=O)N(c2ccccc2)C(=O)C1=Cc1ccc(OCc2ccccc2Cl)cc1. The molecule has 1 saturated heterocycles. The van der Waals surface area contributed by atoms with Crippen LogP contribution in [0.15, 0.2) is 84.4 Å². The number of barbiturate groups is 1.